The molecule has 2 fully saturated rings. The molecule has 0 aromatic heterocycles. The van der Waals surface area contributed by atoms with Gasteiger partial charge in [-0.05, 0) is 131 Å². The Morgan fingerprint density at radius 3 is 1.79 bits per heavy atom. The summed E-state index contributed by atoms with van der Waals surface area (Å²) in [7, 11) is -1.84. The van der Waals surface area contributed by atoms with Crippen LogP contribution in [0.15, 0.2) is 182 Å². The van der Waals surface area contributed by atoms with Crippen molar-refractivity contribution >= 4 is 76.2 Å². The van der Waals surface area contributed by atoms with Gasteiger partial charge in [-0.15, -0.1) is 0 Å². The van der Waals surface area contributed by atoms with Gasteiger partial charge in [0.05, 0.1) is 19.2 Å². The van der Waals surface area contributed by atoms with Crippen LogP contribution in [0, 0.1) is 0 Å². The van der Waals surface area contributed by atoms with Gasteiger partial charge in [-0.25, -0.2) is 0 Å². The Morgan fingerprint density at radius 2 is 1.06 bits per heavy atom. The summed E-state index contributed by atoms with van der Waals surface area (Å²) in [5.41, 5.74) is 22.7. The molecule has 0 amide bonds. The maximum atomic E-state index is 2.98. The van der Waals surface area contributed by atoms with E-state index in [1.165, 1.54) is 122 Å². The van der Waals surface area contributed by atoms with E-state index in [4.69, 9.17) is 0 Å². The van der Waals surface area contributed by atoms with Gasteiger partial charge in [0.1, 0.15) is 0 Å². The van der Waals surface area contributed by atoms with Gasteiger partial charge in [0.25, 0.3) is 6.71 Å². The van der Waals surface area contributed by atoms with Crippen molar-refractivity contribution in [1.82, 2.24) is 0 Å². The Morgan fingerprint density at radius 1 is 0.437 bits per heavy atom. The lowest BCUT2D eigenvalue weighted by Gasteiger charge is -2.54. The predicted octanol–water partition coefficient (Wildman–Crippen LogP) is 14.7. The van der Waals surface area contributed by atoms with Crippen molar-refractivity contribution in [3.05, 3.63) is 199 Å². The molecular weight excluding hydrogens is 874 g/mol. The van der Waals surface area contributed by atoms with Crippen molar-refractivity contribution in [3.8, 4) is 22.3 Å². The number of hydrogen-bond donors (Lipinski definition) is 0. The normalized spacial score (nSPS) is 24.4. The van der Waals surface area contributed by atoms with E-state index in [-0.39, 0.29) is 28.6 Å². The highest BCUT2D eigenvalue weighted by Crippen LogP contribution is 2.66. The number of nitrogens with zero attached hydrogens (tertiary/aromatic N) is 3. The SMILES string of the molecule is CC12CCCCC1(C)N(c1cc3c4c(c1)N1c5c(cc([Si](C)(C)C)cc5C5(c6ccccc6)CCCCC15C)B4c1ccc(-c4ccccc4)cc1N3c1cccc(-c3ccccc3)c1)c1ccccc12. The molecule has 8 aromatic rings. The number of hydrogen-bond acceptors (Lipinski definition) is 3. The molecule has 8 aromatic carbocycles. The third kappa shape index (κ3) is 5.79. The van der Waals surface area contributed by atoms with Crippen LogP contribution in [0.1, 0.15) is 88.8 Å². The Bertz CT molecular complexity index is 3460. The summed E-state index contributed by atoms with van der Waals surface area (Å²) in [6, 6.07) is 70.9. The second-order valence-corrected chi connectivity index (χ2v) is 28.8. The number of para-hydroxylation sites is 1. The maximum Gasteiger partial charge on any atom is 0.252 e. The van der Waals surface area contributed by atoms with E-state index in [1.807, 2.05) is 0 Å². The summed E-state index contributed by atoms with van der Waals surface area (Å²) >= 11 is 0. The van der Waals surface area contributed by atoms with Crippen molar-refractivity contribution < 1.29 is 0 Å². The second kappa shape index (κ2) is 15.2. The average Bonchev–Trinajstić information content (AvgIpc) is 3.78. The van der Waals surface area contributed by atoms with Crippen LogP contribution in [0.3, 0.4) is 0 Å². The van der Waals surface area contributed by atoms with Gasteiger partial charge in [-0.3, -0.25) is 0 Å². The van der Waals surface area contributed by atoms with E-state index in [2.05, 4.69) is 237 Å². The molecule has 4 atom stereocenters. The summed E-state index contributed by atoms with van der Waals surface area (Å²) in [5, 5.41) is 1.57. The fraction of sp³-hybridized carbons (Fsp3) is 0.273. The molecular formula is C66H64BN3Si. The molecule has 5 heteroatoms. The number of anilines is 7. The summed E-state index contributed by atoms with van der Waals surface area (Å²) in [4.78, 5) is 8.51. The Kier molecular flexibility index (Phi) is 9.28. The average molecular weight is 938 g/mol. The van der Waals surface area contributed by atoms with Crippen molar-refractivity contribution in [3.63, 3.8) is 0 Å². The van der Waals surface area contributed by atoms with Crippen LogP contribution in [0.4, 0.5) is 39.8 Å². The first-order valence-corrected chi connectivity index (χ1v) is 30.2. The Hall–Kier alpha value is -6.56. The highest BCUT2D eigenvalue weighted by molar-refractivity contribution is 7.01. The summed E-state index contributed by atoms with van der Waals surface area (Å²) in [6.07, 6.45) is 9.58. The standard InChI is InChI=1S/C66H64BN3Si/c1-63-35-18-19-36-64(63,2)69(57-32-17-16-31-53(57)63)51-41-59-61-60(42-51)70-62-54(66(49-28-14-9-15-29-49)38-21-20-37-65(66,70)3)43-52(71(4,5)6)44-56(62)67(61)55-34-33-48(46-25-12-8-13-26-46)40-58(55)68(59)50-30-22-27-47(39-50)45-23-10-7-11-24-45/h7-17,22-34,39-44H,18-21,35-38H2,1-6H3. The molecule has 0 bridgehead atoms. The van der Waals surface area contributed by atoms with E-state index in [9.17, 15) is 0 Å². The minimum atomic E-state index is -1.84. The summed E-state index contributed by atoms with van der Waals surface area (Å²) in [5.74, 6) is 0. The first-order valence-electron chi connectivity index (χ1n) is 26.7. The first-order chi connectivity index (χ1) is 34.4. The van der Waals surface area contributed by atoms with E-state index in [0.717, 1.165) is 19.3 Å². The van der Waals surface area contributed by atoms with Gasteiger partial charge in [-0.2, -0.15) is 0 Å². The topological polar surface area (TPSA) is 9.72 Å². The summed E-state index contributed by atoms with van der Waals surface area (Å²) in [6.45, 7) is 15.6. The van der Waals surface area contributed by atoms with Crippen LogP contribution in [0.25, 0.3) is 22.3 Å². The number of fused-ring (bicyclic) bond motifs is 10. The van der Waals surface area contributed by atoms with Gasteiger partial charge in [-0.1, -0.05) is 203 Å². The molecule has 0 spiro atoms. The smallest absolute Gasteiger partial charge is 0.252 e. The van der Waals surface area contributed by atoms with E-state index < -0.39 is 8.07 Å². The zero-order valence-electron chi connectivity index (χ0n) is 42.4. The maximum absolute atomic E-state index is 2.98. The van der Waals surface area contributed by atoms with Crippen LogP contribution in [-0.2, 0) is 10.8 Å². The van der Waals surface area contributed by atoms with Gasteiger partial charge < -0.3 is 14.7 Å². The van der Waals surface area contributed by atoms with Gasteiger partial charge in [0.15, 0.2) is 0 Å². The van der Waals surface area contributed by atoms with Crippen LogP contribution in [-0.4, -0.2) is 25.9 Å². The molecule has 4 unspecified atom stereocenters. The lowest BCUT2D eigenvalue weighted by Crippen LogP contribution is -2.65. The second-order valence-electron chi connectivity index (χ2n) is 23.7. The minimum absolute atomic E-state index is 0.0247. The van der Waals surface area contributed by atoms with Crippen molar-refractivity contribution in [2.24, 2.45) is 0 Å². The Labute approximate surface area is 423 Å². The van der Waals surface area contributed by atoms with Crippen LogP contribution < -0.4 is 36.3 Å². The zero-order valence-corrected chi connectivity index (χ0v) is 43.4. The molecule has 2 aliphatic carbocycles. The molecule has 14 rings (SSSR count). The van der Waals surface area contributed by atoms with Gasteiger partial charge in [0.2, 0.25) is 0 Å². The van der Waals surface area contributed by atoms with Crippen molar-refractivity contribution in [2.75, 3.05) is 14.7 Å². The number of rotatable bonds is 6. The molecule has 0 radical (unpaired) electrons. The zero-order chi connectivity index (χ0) is 48.1. The fourth-order valence-electron chi connectivity index (χ4n) is 15.6. The Balaban J connectivity index is 1.14. The molecule has 2 saturated carbocycles. The minimum Gasteiger partial charge on any atom is -0.335 e. The monoisotopic (exact) mass is 937 g/mol. The van der Waals surface area contributed by atoms with Crippen LogP contribution in [0.5, 0.6) is 0 Å². The van der Waals surface area contributed by atoms with Gasteiger partial charge >= 0.3 is 0 Å². The van der Waals surface area contributed by atoms with Gasteiger partial charge in [0, 0.05) is 50.6 Å². The molecule has 3 nitrogen and oxygen atoms in total. The highest BCUT2D eigenvalue weighted by atomic mass is 28.3. The van der Waals surface area contributed by atoms with E-state index in [0.29, 0.717) is 0 Å². The third-order valence-electron chi connectivity index (χ3n) is 19.2. The largest absolute Gasteiger partial charge is 0.335 e. The number of benzene rings is 8. The van der Waals surface area contributed by atoms with Crippen molar-refractivity contribution in [1.29, 1.82) is 0 Å². The van der Waals surface area contributed by atoms with Crippen LogP contribution >= 0.6 is 0 Å². The lowest BCUT2D eigenvalue weighted by atomic mass is 9.33. The molecule has 71 heavy (non-hydrogen) atoms. The molecule has 0 saturated heterocycles. The summed E-state index contributed by atoms with van der Waals surface area (Å²) < 4.78 is 0. The van der Waals surface area contributed by atoms with Crippen LogP contribution in [0.2, 0.25) is 19.6 Å². The molecule has 4 aliphatic heterocycles. The van der Waals surface area contributed by atoms with E-state index >= 15 is 0 Å². The quantitative estimate of drug-likeness (QED) is 0.154. The molecule has 0 N–H and O–H groups in total. The molecule has 4 heterocycles. The lowest BCUT2D eigenvalue weighted by molar-refractivity contribution is 0.195. The predicted molar refractivity (Wildman–Crippen MR) is 305 cm³/mol. The van der Waals surface area contributed by atoms with Crippen molar-refractivity contribution in [2.45, 2.75) is 114 Å². The fourth-order valence-corrected chi connectivity index (χ4v) is 16.7. The molecule has 6 aliphatic rings. The highest BCUT2D eigenvalue weighted by Gasteiger charge is 2.65. The molecule has 350 valence electrons. The third-order valence-corrected chi connectivity index (χ3v) is 21.2. The van der Waals surface area contributed by atoms with E-state index in [1.54, 1.807) is 10.8 Å². The first kappa shape index (κ1) is 43.2.